The number of methoxy groups -OCH3 is 1. The first-order chi connectivity index (χ1) is 16.9. The molecule has 178 valence electrons. The highest BCUT2D eigenvalue weighted by molar-refractivity contribution is 7.12. The average Bonchev–Trinajstić information content (AvgIpc) is 3.40. The van der Waals surface area contributed by atoms with E-state index in [-0.39, 0.29) is 11.7 Å². The molecule has 1 heterocycles. The van der Waals surface area contributed by atoms with E-state index in [4.69, 9.17) is 4.74 Å². The lowest BCUT2D eigenvalue weighted by atomic mass is 10.0. The number of ether oxygens (including phenoxy) is 2. The quantitative estimate of drug-likeness (QED) is 0.292. The number of anilines is 2. The summed E-state index contributed by atoms with van der Waals surface area (Å²) in [5.74, 6) is -0.112. The van der Waals surface area contributed by atoms with Crippen LogP contribution in [0.3, 0.4) is 0 Å². The Balaban J connectivity index is 1.55. The summed E-state index contributed by atoms with van der Waals surface area (Å²) in [5.41, 5.74) is 2.15. The Morgan fingerprint density at radius 2 is 1.60 bits per heavy atom. The molecule has 0 aliphatic rings. The predicted molar refractivity (Wildman–Crippen MR) is 132 cm³/mol. The van der Waals surface area contributed by atoms with Gasteiger partial charge in [-0.15, -0.1) is 11.3 Å². The molecule has 0 atom stereocenters. The van der Waals surface area contributed by atoms with Crippen LogP contribution in [0, 0.1) is 0 Å². The van der Waals surface area contributed by atoms with E-state index < -0.39 is 12.5 Å². The molecule has 0 saturated carbocycles. The van der Waals surface area contributed by atoms with E-state index in [0.717, 1.165) is 0 Å². The Morgan fingerprint density at radius 3 is 2.29 bits per heavy atom. The molecule has 3 aromatic carbocycles. The SMILES string of the molecule is COc1ccc(-c2cc(NC(=O)c3cccc(NC(=O)c4cccs4)c3)ccc2OC(F)F)cc1. The number of thiophene rings is 1. The molecule has 0 bridgehead atoms. The van der Waals surface area contributed by atoms with E-state index in [0.29, 0.717) is 38.7 Å². The van der Waals surface area contributed by atoms with Crippen LogP contribution >= 0.6 is 11.3 Å². The van der Waals surface area contributed by atoms with Crippen LogP contribution in [0.1, 0.15) is 20.0 Å². The number of hydrogen-bond donors (Lipinski definition) is 2. The van der Waals surface area contributed by atoms with Crippen LogP contribution in [-0.2, 0) is 0 Å². The zero-order chi connectivity index (χ0) is 24.8. The van der Waals surface area contributed by atoms with Crippen LogP contribution in [0.15, 0.2) is 84.2 Å². The maximum absolute atomic E-state index is 12.9. The van der Waals surface area contributed by atoms with Crippen molar-refractivity contribution in [2.45, 2.75) is 6.61 Å². The third-order valence-electron chi connectivity index (χ3n) is 4.98. The molecule has 4 rings (SSSR count). The van der Waals surface area contributed by atoms with Gasteiger partial charge >= 0.3 is 6.61 Å². The fourth-order valence-corrected chi connectivity index (χ4v) is 3.96. The number of amides is 2. The lowest BCUT2D eigenvalue weighted by Crippen LogP contribution is -2.14. The number of hydrogen-bond acceptors (Lipinski definition) is 5. The van der Waals surface area contributed by atoms with Crippen LogP contribution in [0.2, 0.25) is 0 Å². The zero-order valence-electron chi connectivity index (χ0n) is 18.5. The number of nitrogens with one attached hydrogen (secondary N) is 2. The topological polar surface area (TPSA) is 76.7 Å². The summed E-state index contributed by atoms with van der Waals surface area (Å²) in [5, 5.41) is 7.33. The molecule has 2 amide bonds. The van der Waals surface area contributed by atoms with Crippen molar-refractivity contribution in [3.8, 4) is 22.6 Å². The lowest BCUT2D eigenvalue weighted by Gasteiger charge is -2.14. The molecule has 0 spiro atoms. The molecular weight excluding hydrogens is 474 g/mol. The first kappa shape index (κ1) is 23.9. The normalized spacial score (nSPS) is 10.6. The van der Waals surface area contributed by atoms with Gasteiger partial charge in [0.2, 0.25) is 0 Å². The van der Waals surface area contributed by atoms with Crippen molar-refractivity contribution in [2.24, 2.45) is 0 Å². The van der Waals surface area contributed by atoms with Crippen LogP contribution in [-0.4, -0.2) is 25.5 Å². The van der Waals surface area contributed by atoms with Crippen LogP contribution in [0.4, 0.5) is 20.2 Å². The molecule has 35 heavy (non-hydrogen) atoms. The summed E-state index contributed by atoms with van der Waals surface area (Å²) in [6.45, 7) is -3.00. The molecule has 0 radical (unpaired) electrons. The largest absolute Gasteiger partial charge is 0.497 e. The van der Waals surface area contributed by atoms with Crippen molar-refractivity contribution in [2.75, 3.05) is 17.7 Å². The molecule has 0 aliphatic carbocycles. The van der Waals surface area contributed by atoms with Gasteiger partial charge in [-0.2, -0.15) is 8.78 Å². The van der Waals surface area contributed by atoms with Gasteiger partial charge in [-0.25, -0.2) is 0 Å². The van der Waals surface area contributed by atoms with Crippen molar-refractivity contribution in [3.05, 3.63) is 94.7 Å². The predicted octanol–water partition coefficient (Wildman–Crippen LogP) is 6.53. The second kappa shape index (κ2) is 10.8. The highest BCUT2D eigenvalue weighted by Crippen LogP contribution is 2.35. The summed E-state index contributed by atoms with van der Waals surface area (Å²) < 4.78 is 35.7. The van der Waals surface area contributed by atoms with Crippen LogP contribution in [0.5, 0.6) is 11.5 Å². The minimum Gasteiger partial charge on any atom is -0.497 e. The number of halogens is 2. The number of carbonyl (C=O) groups excluding carboxylic acids is 2. The molecule has 0 unspecified atom stereocenters. The summed E-state index contributed by atoms with van der Waals surface area (Å²) in [7, 11) is 1.53. The number of benzene rings is 3. The minimum atomic E-state index is -3.00. The standard InChI is InChI=1S/C26H20F2N2O4S/c1-33-20-10-7-16(8-11-20)21-15-19(9-12-22(21)34-26(27)28)29-24(31)17-4-2-5-18(14-17)30-25(32)23-6-3-13-35-23/h2-15,26H,1H3,(H,29,31)(H,30,32). The molecule has 0 aliphatic heterocycles. The van der Waals surface area contributed by atoms with Gasteiger partial charge < -0.3 is 20.1 Å². The van der Waals surface area contributed by atoms with E-state index in [2.05, 4.69) is 15.4 Å². The Kier molecular flexibility index (Phi) is 7.37. The maximum atomic E-state index is 12.9. The van der Waals surface area contributed by atoms with Gasteiger partial charge in [0.05, 0.1) is 12.0 Å². The number of alkyl halides is 2. The average molecular weight is 495 g/mol. The summed E-state index contributed by atoms with van der Waals surface area (Å²) >= 11 is 1.31. The number of rotatable bonds is 8. The van der Waals surface area contributed by atoms with Gasteiger partial charge in [-0.3, -0.25) is 9.59 Å². The van der Waals surface area contributed by atoms with Crippen molar-refractivity contribution in [1.29, 1.82) is 0 Å². The third kappa shape index (κ3) is 6.01. The Morgan fingerprint density at radius 1 is 0.857 bits per heavy atom. The molecule has 2 N–H and O–H groups in total. The Labute approximate surface area is 204 Å². The summed E-state index contributed by atoms with van der Waals surface area (Å²) in [4.78, 5) is 25.7. The fourth-order valence-electron chi connectivity index (χ4n) is 3.34. The van der Waals surface area contributed by atoms with Crippen molar-refractivity contribution in [1.82, 2.24) is 0 Å². The highest BCUT2D eigenvalue weighted by atomic mass is 32.1. The van der Waals surface area contributed by atoms with E-state index in [9.17, 15) is 18.4 Å². The van der Waals surface area contributed by atoms with E-state index >= 15 is 0 Å². The van der Waals surface area contributed by atoms with E-state index in [1.165, 1.54) is 30.6 Å². The Bertz CT molecular complexity index is 1330. The summed E-state index contributed by atoms with van der Waals surface area (Å²) in [6, 6.07) is 21.2. The van der Waals surface area contributed by atoms with Gasteiger partial charge in [0.15, 0.2) is 0 Å². The lowest BCUT2D eigenvalue weighted by molar-refractivity contribution is -0.0494. The molecule has 9 heteroatoms. The minimum absolute atomic E-state index is 0.0264. The fraction of sp³-hybridized carbons (Fsp3) is 0.0769. The second-order valence-corrected chi connectivity index (χ2v) is 8.23. The van der Waals surface area contributed by atoms with Crippen molar-refractivity contribution in [3.63, 3.8) is 0 Å². The molecule has 0 fully saturated rings. The third-order valence-corrected chi connectivity index (χ3v) is 5.85. The first-order valence-corrected chi connectivity index (χ1v) is 11.3. The van der Waals surface area contributed by atoms with Crippen LogP contribution < -0.4 is 20.1 Å². The number of carbonyl (C=O) groups is 2. The summed E-state index contributed by atoms with van der Waals surface area (Å²) in [6.07, 6.45) is 0. The smallest absolute Gasteiger partial charge is 0.387 e. The van der Waals surface area contributed by atoms with Crippen molar-refractivity contribution < 1.29 is 27.8 Å². The highest BCUT2D eigenvalue weighted by Gasteiger charge is 2.15. The zero-order valence-corrected chi connectivity index (χ0v) is 19.3. The molecule has 1 aromatic heterocycles. The monoisotopic (exact) mass is 494 g/mol. The van der Waals surface area contributed by atoms with Gasteiger partial charge in [-0.1, -0.05) is 24.3 Å². The van der Waals surface area contributed by atoms with Crippen molar-refractivity contribution >= 4 is 34.5 Å². The molecule has 6 nitrogen and oxygen atoms in total. The Hall–Kier alpha value is -4.24. The van der Waals surface area contributed by atoms with Gasteiger partial charge in [0.25, 0.3) is 11.8 Å². The van der Waals surface area contributed by atoms with E-state index in [1.54, 1.807) is 72.1 Å². The van der Waals surface area contributed by atoms with Gasteiger partial charge in [0.1, 0.15) is 11.5 Å². The second-order valence-electron chi connectivity index (χ2n) is 7.28. The van der Waals surface area contributed by atoms with E-state index in [1.807, 2.05) is 0 Å². The molecular formula is C26H20F2N2O4S. The maximum Gasteiger partial charge on any atom is 0.387 e. The first-order valence-electron chi connectivity index (χ1n) is 10.4. The molecule has 4 aromatic rings. The van der Waals surface area contributed by atoms with Gasteiger partial charge in [0, 0.05) is 22.5 Å². The van der Waals surface area contributed by atoms with Gasteiger partial charge in [-0.05, 0) is 65.5 Å². The molecule has 0 saturated heterocycles. The van der Waals surface area contributed by atoms with Crippen LogP contribution in [0.25, 0.3) is 11.1 Å².